The van der Waals surface area contributed by atoms with Gasteiger partial charge in [-0.05, 0) is 92.1 Å². The topological polar surface area (TPSA) is 439 Å². The number of nitrogens with zero attached hydrogens (tertiary/aromatic N) is 9. The fourth-order valence-corrected chi connectivity index (χ4v) is 11.4. The molecule has 9 rings (SSSR count). The molecule has 2 aliphatic heterocycles. The number of halogens is 3. The summed E-state index contributed by atoms with van der Waals surface area (Å²) < 4.78 is 107. The van der Waals surface area contributed by atoms with Crippen LogP contribution in [0.25, 0.3) is 22.3 Å². The van der Waals surface area contributed by atoms with E-state index in [1.165, 1.54) is 81.0 Å². The molecule has 38 heteroatoms. The summed E-state index contributed by atoms with van der Waals surface area (Å²) in [6.07, 6.45) is -6.36. The van der Waals surface area contributed by atoms with Crippen LogP contribution >= 0.6 is 27.1 Å². The summed E-state index contributed by atoms with van der Waals surface area (Å²) in [7, 11) is -5.64. The number of nitro groups is 1. The number of rotatable bonds is 21. The molecule has 2 unspecified atom stereocenters. The Balaban J connectivity index is 0.000000294. The second-order valence-corrected chi connectivity index (χ2v) is 24.8. The summed E-state index contributed by atoms with van der Waals surface area (Å²) in [5, 5.41) is 45.4. The summed E-state index contributed by atoms with van der Waals surface area (Å²) in [5.74, 6) is -0.849. The van der Waals surface area contributed by atoms with Crippen LogP contribution in [0, 0.1) is 54.8 Å². The van der Waals surface area contributed by atoms with E-state index in [0.29, 0.717) is 5.02 Å². The molecule has 0 spiro atoms. The Bertz CT molecular complexity index is 3760. The largest absolute Gasteiger partial charge is 0.479 e. The predicted molar refractivity (Wildman–Crippen MR) is 333 cm³/mol. The minimum atomic E-state index is -4.29. The quantitative estimate of drug-likeness (QED) is 0.0152. The van der Waals surface area contributed by atoms with Gasteiger partial charge in [-0.2, -0.15) is 30.1 Å². The molecule has 0 aliphatic carbocycles. The Kier molecular flexibility index (Phi) is 29.2. The molecule has 2 saturated heterocycles. The molecule has 32 nitrogen and oxygen atoms in total. The molecule has 94 heavy (non-hydrogen) atoms. The summed E-state index contributed by atoms with van der Waals surface area (Å²) in [4.78, 5) is 67.5. The number of hydrogen-bond donors (Lipinski definition) is 8. The van der Waals surface area contributed by atoms with Crippen LogP contribution in [0.4, 0.5) is 26.4 Å². The van der Waals surface area contributed by atoms with Crippen LogP contribution in [-0.4, -0.2) is 164 Å². The zero-order valence-electron chi connectivity index (χ0n) is 51.8. The van der Waals surface area contributed by atoms with Crippen molar-refractivity contribution in [2.75, 3.05) is 38.9 Å². The molecule has 0 saturated carbocycles. The first-order chi connectivity index (χ1) is 43.1. The Morgan fingerprint density at radius 3 is 1.57 bits per heavy atom. The van der Waals surface area contributed by atoms with E-state index in [-0.39, 0.29) is 114 Å². The van der Waals surface area contributed by atoms with Gasteiger partial charge in [-0.25, -0.2) is 27.9 Å². The number of esters is 2. The molecule has 2 fully saturated rings. The van der Waals surface area contributed by atoms with Crippen LogP contribution in [0.5, 0.6) is 23.3 Å². The van der Waals surface area contributed by atoms with E-state index in [0.717, 1.165) is 12.5 Å². The van der Waals surface area contributed by atoms with Crippen molar-refractivity contribution >= 4 is 78.9 Å². The van der Waals surface area contributed by atoms with Gasteiger partial charge in [0.05, 0.1) is 62.2 Å². The van der Waals surface area contributed by atoms with Crippen molar-refractivity contribution in [3.63, 3.8) is 0 Å². The van der Waals surface area contributed by atoms with Crippen molar-refractivity contribution in [1.29, 1.82) is 0 Å². The van der Waals surface area contributed by atoms with Crippen LogP contribution in [0.1, 0.15) is 80.8 Å². The van der Waals surface area contributed by atoms with E-state index >= 15 is 4.39 Å². The smallest absolute Gasteiger partial charge is 0.459 e. The molecule has 12 atom stereocenters. The average Bonchev–Trinajstić information content (AvgIpc) is 1.60. The van der Waals surface area contributed by atoms with Crippen molar-refractivity contribution in [2.45, 2.75) is 142 Å². The number of imidazole rings is 2. The molecule has 10 N–H and O–H groups in total. The van der Waals surface area contributed by atoms with E-state index in [1.54, 1.807) is 89.2 Å². The fraction of sp³-hybridized carbons (Fsp3) is 0.464. The minimum absolute atomic E-state index is 0. The number of aliphatic hydroxyl groups excluding tert-OH is 3. The second-order valence-electron chi connectivity index (χ2n) is 21.2. The first kappa shape index (κ1) is 79.8. The second kappa shape index (κ2) is 34.4. The third kappa shape index (κ3) is 20.5. The number of nitrogen functional groups attached to an aromatic ring is 2. The normalized spacial score (nSPS) is 22.4. The number of ether oxygens (including phenoxy) is 6. The number of carbonyl (C=O) groups is 2. The van der Waals surface area contributed by atoms with Crippen molar-refractivity contribution in [3.05, 3.63) is 112 Å². The summed E-state index contributed by atoms with van der Waals surface area (Å²) in [6, 6.07) is 18.7. The molecule has 3 aromatic carbocycles. The van der Waals surface area contributed by atoms with Gasteiger partial charge in [0.15, 0.2) is 46.1 Å². The van der Waals surface area contributed by atoms with Crippen molar-refractivity contribution in [1.82, 2.24) is 49.2 Å². The van der Waals surface area contributed by atoms with Gasteiger partial charge in [0.1, 0.15) is 48.0 Å². The molecule has 518 valence electrons. The van der Waals surface area contributed by atoms with Crippen molar-refractivity contribution < 1.29 is 132 Å². The number of nitrogens with two attached hydrogens (primary N) is 2. The summed E-state index contributed by atoms with van der Waals surface area (Å²) in [5.41, 5.74) is 8.55. The summed E-state index contributed by atoms with van der Waals surface area (Å²) in [6.45, 7) is 12.6. The number of nitro benzene ring substituents is 1. The van der Waals surface area contributed by atoms with E-state index in [1.807, 2.05) is 0 Å². The van der Waals surface area contributed by atoms with Gasteiger partial charge in [-0.15, -0.1) is 0 Å². The van der Waals surface area contributed by atoms with Gasteiger partial charge in [0, 0.05) is 49.9 Å². The Hall–Kier alpha value is -6.59. The molecular weight excluding hydrogens is 1330 g/mol. The number of non-ortho nitro benzene ring substituents is 1. The van der Waals surface area contributed by atoms with E-state index in [9.17, 15) is 53.4 Å². The van der Waals surface area contributed by atoms with Crippen LogP contribution < -0.4 is 40.2 Å². The van der Waals surface area contributed by atoms with E-state index in [2.05, 4.69) is 40.1 Å². The van der Waals surface area contributed by atoms with E-state index < -0.39 is 112 Å². The Labute approximate surface area is 573 Å². The number of aromatic nitrogens is 8. The molecule has 0 bridgehead atoms. The predicted octanol–water partition coefficient (Wildman–Crippen LogP) is 7.22. The molecule has 2 aliphatic rings. The number of para-hydroxylation sites is 2. The third-order valence-corrected chi connectivity index (χ3v) is 16.4. The van der Waals surface area contributed by atoms with E-state index in [4.69, 9.17) is 65.1 Å². The number of carbonyl (C=O) groups excluding carboxylic acids is 2. The Morgan fingerprint density at radius 2 is 1.17 bits per heavy atom. The summed E-state index contributed by atoms with van der Waals surface area (Å²) >= 11 is 5.65. The maximum absolute atomic E-state index is 15.9. The fourth-order valence-electron chi connectivity index (χ4n) is 8.64. The van der Waals surface area contributed by atoms with Crippen LogP contribution in [0.15, 0.2) is 91.5 Å². The monoisotopic (exact) mass is 1410 g/mol. The van der Waals surface area contributed by atoms with Gasteiger partial charge >= 0.3 is 27.4 Å². The van der Waals surface area contributed by atoms with Gasteiger partial charge in [0.25, 0.3) is 5.69 Å². The van der Waals surface area contributed by atoms with Crippen LogP contribution in [0.3, 0.4) is 0 Å². The zero-order chi connectivity index (χ0) is 68.2. The molecular formula is C56H76ArClF2N13O19P2. The van der Waals surface area contributed by atoms with Crippen molar-refractivity contribution in [3.8, 4) is 23.3 Å². The van der Waals surface area contributed by atoms with Gasteiger partial charge < -0.3 is 69.1 Å². The number of benzene rings is 3. The SMILES string of the molecule is C.CC(C)OC(=O)[C@H](C)NP(=O)(O)Oc1ccccc1.COc1nc(N)nc2c1ncn2[C@@H]1O[C@H](CO)[C@@H](O)[C@@]1(C)F.COc1nc(N)nc2c1ncn2[C@@H]1O[C@H](COP(=O)(N[C@@H](C)C(=O)OC(C)C)Oc2ccccc2)[C@@H](O)[C@@]1(C)F.Cc1ccc([N+](=O)[O-])cc1Cl.[Ar]. The average molecular weight is 1410 g/mol. The first-order valence-electron chi connectivity index (χ1n) is 27.8. The number of aryl methyl sites for hydroxylation is 1. The maximum atomic E-state index is 15.9. The minimum Gasteiger partial charge on any atom is -0.479 e. The number of aliphatic hydroxyl groups is 3. The number of methoxy groups -OCH3 is 2. The van der Waals surface area contributed by atoms with Crippen molar-refractivity contribution in [2.24, 2.45) is 0 Å². The van der Waals surface area contributed by atoms with Crippen LogP contribution in [-0.2, 0) is 42.2 Å². The standard InChI is InChI=1S/C24H32FN6O8P.C12H16FN5O4.C12H18NO5P.C7H6ClNO2.CH4.Ar/c1-13(2)37-21(33)14(3)30-40(34,39-15-9-7-6-8-10-15)36-11-16-18(32)24(4,25)22(38-16)31-12-27-17-19(31)28-23(26)29-20(17)35-5;1-12(13)7(20)5(3-19)22-10(12)18-4-15-6-8(18)16-11(14)17-9(6)21-2;1-9(2)17-12(14)10(3)13-19(15,16)18-11-7-5-4-6-8-11;1-5-2-3-6(9(10)11)4-7(5)8;;/h6-10,12-14,16,18,22,32H,11H2,1-5H3,(H,30,34)(H2,26,28,29);4-5,7,10,19-20H,3H2,1-2H3,(H2,14,16,17);4-10H,1-3H3,(H2,13,15,16);2-4H,1H3;1H4;/t14-,16+,18+,22+,24+,40?;5-,7-,10-,12-;10-;;;/m010.../s1. The third-order valence-electron chi connectivity index (χ3n) is 13.2. The number of nitrogens with one attached hydrogen (secondary N) is 2. The van der Waals surface area contributed by atoms with Gasteiger partial charge in [-0.3, -0.25) is 33.4 Å². The number of anilines is 2. The molecule has 0 radical (unpaired) electrons. The van der Waals surface area contributed by atoms with Crippen LogP contribution in [0.2, 0.25) is 5.02 Å². The zero-order valence-corrected chi connectivity index (χ0v) is 55.1. The van der Waals surface area contributed by atoms with Gasteiger partial charge in [-0.1, -0.05) is 61.5 Å². The Morgan fingerprint density at radius 1 is 0.745 bits per heavy atom. The number of fused-ring (bicyclic) bond motifs is 2. The number of alkyl halides is 2. The maximum Gasteiger partial charge on any atom is 0.459 e. The molecule has 0 amide bonds. The number of hydrogen-bond acceptors (Lipinski definition) is 26. The molecule has 4 aromatic heterocycles. The first-order valence-corrected chi connectivity index (χ1v) is 31.3. The van der Waals surface area contributed by atoms with Gasteiger partial charge in [0.2, 0.25) is 23.7 Å². The molecule has 6 heterocycles. The molecule has 7 aromatic rings.